The fourth-order valence-electron chi connectivity index (χ4n) is 0.877. The van der Waals surface area contributed by atoms with Crippen molar-refractivity contribution in [1.82, 2.24) is 0 Å². The van der Waals surface area contributed by atoms with E-state index in [1.165, 1.54) is 12.1 Å². The summed E-state index contributed by atoms with van der Waals surface area (Å²) in [5, 5.41) is 0.417. The van der Waals surface area contributed by atoms with Crippen molar-refractivity contribution in [3.05, 3.63) is 34.6 Å². The number of hydrogen-bond acceptors (Lipinski definition) is 1. The molecular weight excluding hydrogens is 212 g/mol. The van der Waals surface area contributed by atoms with Crippen LogP contribution in [0.3, 0.4) is 0 Å². The second kappa shape index (κ2) is 4.49. The van der Waals surface area contributed by atoms with Crippen LogP contribution in [0.25, 0.3) is 6.08 Å². The standard InChI is InChI=1S/C9H8Cl2FN/c10-3-1-2-6-4-8(12)9(13)5-7(6)11/h1-2,4-5H,3,13H2. The van der Waals surface area contributed by atoms with Gasteiger partial charge in [-0.05, 0) is 17.7 Å². The third-order valence-corrected chi connectivity index (χ3v) is 2.01. The first-order valence-corrected chi connectivity index (χ1v) is 4.53. The number of nitrogens with two attached hydrogens (primary N) is 1. The molecule has 0 bridgehead atoms. The Morgan fingerprint density at radius 3 is 2.77 bits per heavy atom. The first kappa shape index (κ1) is 10.4. The van der Waals surface area contributed by atoms with Crippen molar-refractivity contribution in [3.8, 4) is 0 Å². The van der Waals surface area contributed by atoms with E-state index in [2.05, 4.69) is 0 Å². The van der Waals surface area contributed by atoms with Crippen molar-refractivity contribution in [3.63, 3.8) is 0 Å². The molecule has 0 aliphatic carbocycles. The molecule has 0 aliphatic heterocycles. The van der Waals surface area contributed by atoms with Gasteiger partial charge in [0, 0.05) is 5.88 Å². The summed E-state index contributed by atoms with van der Waals surface area (Å²) in [6.07, 6.45) is 3.33. The SMILES string of the molecule is Nc1cc(Cl)c(C=CCCl)cc1F. The molecule has 70 valence electrons. The largest absolute Gasteiger partial charge is 0.396 e. The van der Waals surface area contributed by atoms with Crippen LogP contribution in [0.15, 0.2) is 18.2 Å². The minimum atomic E-state index is -0.473. The summed E-state index contributed by atoms with van der Waals surface area (Å²) in [4.78, 5) is 0. The molecule has 0 aromatic heterocycles. The van der Waals surface area contributed by atoms with Gasteiger partial charge in [-0.15, -0.1) is 11.6 Å². The van der Waals surface area contributed by atoms with E-state index in [9.17, 15) is 4.39 Å². The van der Waals surface area contributed by atoms with Gasteiger partial charge in [-0.25, -0.2) is 4.39 Å². The molecule has 1 aromatic carbocycles. The number of anilines is 1. The van der Waals surface area contributed by atoms with Crippen molar-refractivity contribution in [2.75, 3.05) is 11.6 Å². The summed E-state index contributed by atoms with van der Waals surface area (Å²) in [6, 6.07) is 2.66. The van der Waals surface area contributed by atoms with E-state index >= 15 is 0 Å². The highest BCUT2D eigenvalue weighted by atomic mass is 35.5. The van der Waals surface area contributed by atoms with E-state index in [-0.39, 0.29) is 5.69 Å². The van der Waals surface area contributed by atoms with Crippen LogP contribution in [0.4, 0.5) is 10.1 Å². The zero-order valence-corrected chi connectivity index (χ0v) is 8.24. The third kappa shape index (κ3) is 2.61. The van der Waals surface area contributed by atoms with Gasteiger partial charge in [0.25, 0.3) is 0 Å². The quantitative estimate of drug-likeness (QED) is 0.600. The monoisotopic (exact) mass is 219 g/mol. The number of allylic oxidation sites excluding steroid dienone is 1. The first-order chi connectivity index (χ1) is 6.15. The van der Waals surface area contributed by atoms with Gasteiger partial charge in [0.05, 0.1) is 10.7 Å². The molecule has 4 heteroatoms. The van der Waals surface area contributed by atoms with E-state index in [1.54, 1.807) is 12.2 Å². The Balaban J connectivity index is 3.08. The minimum Gasteiger partial charge on any atom is -0.396 e. The van der Waals surface area contributed by atoms with Crippen LogP contribution in [-0.2, 0) is 0 Å². The first-order valence-electron chi connectivity index (χ1n) is 3.62. The Labute approximate surface area is 85.9 Å². The van der Waals surface area contributed by atoms with Crippen molar-refractivity contribution in [1.29, 1.82) is 0 Å². The topological polar surface area (TPSA) is 26.0 Å². The van der Waals surface area contributed by atoms with Crippen molar-refractivity contribution < 1.29 is 4.39 Å². The van der Waals surface area contributed by atoms with Gasteiger partial charge in [-0.1, -0.05) is 23.8 Å². The lowest BCUT2D eigenvalue weighted by Crippen LogP contribution is -1.91. The summed E-state index contributed by atoms with van der Waals surface area (Å²) in [6.45, 7) is 0. The third-order valence-electron chi connectivity index (χ3n) is 1.50. The Bertz CT molecular complexity index is 337. The van der Waals surface area contributed by atoms with Crippen LogP contribution >= 0.6 is 23.2 Å². The van der Waals surface area contributed by atoms with Gasteiger partial charge in [-0.3, -0.25) is 0 Å². The van der Waals surface area contributed by atoms with Crippen LogP contribution in [0.2, 0.25) is 5.02 Å². The maximum Gasteiger partial charge on any atom is 0.146 e. The number of alkyl halides is 1. The highest BCUT2D eigenvalue weighted by Gasteiger charge is 2.03. The van der Waals surface area contributed by atoms with E-state index < -0.39 is 5.82 Å². The van der Waals surface area contributed by atoms with Crippen LogP contribution in [0, 0.1) is 5.82 Å². The normalized spacial score (nSPS) is 11.0. The Morgan fingerprint density at radius 1 is 1.46 bits per heavy atom. The minimum absolute atomic E-state index is 0.0491. The molecule has 0 amide bonds. The molecule has 0 saturated carbocycles. The maximum absolute atomic E-state index is 12.9. The predicted molar refractivity (Wildman–Crippen MR) is 55.6 cm³/mol. The number of rotatable bonds is 2. The van der Waals surface area contributed by atoms with E-state index in [1.807, 2.05) is 0 Å². The average molecular weight is 220 g/mol. The zero-order chi connectivity index (χ0) is 9.84. The Kier molecular flexibility index (Phi) is 3.58. The predicted octanol–water partition coefficient (Wildman–Crippen LogP) is 3.31. The molecule has 0 fully saturated rings. The van der Waals surface area contributed by atoms with Gasteiger partial charge in [-0.2, -0.15) is 0 Å². The fourth-order valence-corrected chi connectivity index (χ4v) is 1.20. The van der Waals surface area contributed by atoms with Gasteiger partial charge >= 0.3 is 0 Å². The molecule has 1 nitrogen and oxygen atoms in total. The van der Waals surface area contributed by atoms with Crippen LogP contribution in [-0.4, -0.2) is 5.88 Å². The van der Waals surface area contributed by atoms with Crippen molar-refractivity contribution in [2.24, 2.45) is 0 Å². The lowest BCUT2D eigenvalue weighted by atomic mass is 10.2. The summed E-state index contributed by atoms with van der Waals surface area (Å²) in [7, 11) is 0. The van der Waals surface area contributed by atoms with Crippen molar-refractivity contribution in [2.45, 2.75) is 0 Å². The summed E-state index contributed by atoms with van der Waals surface area (Å²) in [5.74, 6) is -0.110. The number of halogens is 3. The number of hydrogen-bond donors (Lipinski definition) is 1. The Hall–Kier alpha value is -0.730. The van der Waals surface area contributed by atoms with Crippen molar-refractivity contribution >= 4 is 35.0 Å². The van der Waals surface area contributed by atoms with Gasteiger partial charge in [0.15, 0.2) is 0 Å². The molecule has 0 aliphatic rings. The van der Waals surface area contributed by atoms with Crippen LogP contribution in [0.5, 0.6) is 0 Å². The zero-order valence-electron chi connectivity index (χ0n) is 6.73. The van der Waals surface area contributed by atoms with E-state index in [0.29, 0.717) is 16.5 Å². The molecule has 1 aromatic rings. The molecule has 0 unspecified atom stereocenters. The van der Waals surface area contributed by atoms with Crippen LogP contribution in [0.1, 0.15) is 5.56 Å². The smallest absolute Gasteiger partial charge is 0.146 e. The fraction of sp³-hybridized carbons (Fsp3) is 0.111. The van der Waals surface area contributed by atoms with Gasteiger partial charge in [0.1, 0.15) is 5.82 Å². The summed E-state index contributed by atoms with van der Waals surface area (Å²) in [5.41, 5.74) is 5.94. The lowest BCUT2D eigenvalue weighted by Gasteiger charge is -2.01. The molecule has 0 radical (unpaired) electrons. The average Bonchev–Trinajstić information content (AvgIpc) is 2.09. The lowest BCUT2D eigenvalue weighted by molar-refractivity contribution is 0.632. The molecule has 0 heterocycles. The molecule has 2 N–H and O–H groups in total. The highest BCUT2D eigenvalue weighted by Crippen LogP contribution is 2.23. The molecule has 0 saturated heterocycles. The highest BCUT2D eigenvalue weighted by molar-refractivity contribution is 6.32. The summed E-state index contributed by atoms with van der Waals surface area (Å²) < 4.78 is 12.9. The molecule has 0 spiro atoms. The summed E-state index contributed by atoms with van der Waals surface area (Å²) >= 11 is 11.2. The second-order valence-electron chi connectivity index (χ2n) is 2.45. The molecule has 13 heavy (non-hydrogen) atoms. The number of benzene rings is 1. The van der Waals surface area contributed by atoms with Gasteiger partial charge < -0.3 is 5.73 Å². The van der Waals surface area contributed by atoms with Crippen LogP contribution < -0.4 is 5.73 Å². The molecule has 0 atom stereocenters. The molecule has 1 rings (SSSR count). The molecular formula is C9H8Cl2FN. The second-order valence-corrected chi connectivity index (χ2v) is 3.17. The van der Waals surface area contributed by atoms with E-state index in [4.69, 9.17) is 28.9 Å². The Morgan fingerprint density at radius 2 is 2.15 bits per heavy atom. The van der Waals surface area contributed by atoms with E-state index in [0.717, 1.165) is 0 Å². The van der Waals surface area contributed by atoms with Gasteiger partial charge in [0.2, 0.25) is 0 Å². The number of nitrogen functional groups attached to an aromatic ring is 1. The maximum atomic E-state index is 12.9.